The second kappa shape index (κ2) is 7.28. The number of aryl methyl sites for hydroxylation is 1. The fourth-order valence-electron chi connectivity index (χ4n) is 1.71. The van der Waals surface area contributed by atoms with Gasteiger partial charge >= 0.3 is 5.97 Å². The number of thioether (sulfide) groups is 1. The zero-order valence-electron chi connectivity index (χ0n) is 11.7. The van der Waals surface area contributed by atoms with E-state index < -0.39 is 5.97 Å². The van der Waals surface area contributed by atoms with Gasteiger partial charge in [-0.25, -0.2) is 4.79 Å². The van der Waals surface area contributed by atoms with E-state index in [0.717, 1.165) is 9.77 Å². The van der Waals surface area contributed by atoms with Crippen molar-refractivity contribution in [1.29, 1.82) is 0 Å². The number of esters is 1. The lowest BCUT2D eigenvalue weighted by atomic mass is 10.1. The number of rotatable bonds is 5. The van der Waals surface area contributed by atoms with Gasteiger partial charge in [0.1, 0.15) is 0 Å². The minimum atomic E-state index is -0.458. The van der Waals surface area contributed by atoms with Crippen molar-refractivity contribution in [3.8, 4) is 0 Å². The van der Waals surface area contributed by atoms with Gasteiger partial charge in [-0.15, -0.1) is 23.1 Å². The molecule has 6 heteroatoms. The first-order chi connectivity index (χ1) is 10.1. The average molecular weight is 321 g/mol. The van der Waals surface area contributed by atoms with Gasteiger partial charge in [0, 0.05) is 0 Å². The number of anilines is 1. The Kier molecular flexibility index (Phi) is 5.41. The molecule has 1 aromatic heterocycles. The molecule has 0 radical (unpaired) electrons. The molecule has 0 saturated heterocycles. The summed E-state index contributed by atoms with van der Waals surface area (Å²) < 4.78 is 5.82. The molecule has 2 aromatic rings. The van der Waals surface area contributed by atoms with Crippen molar-refractivity contribution in [1.82, 2.24) is 0 Å². The maximum atomic E-state index is 12.0. The van der Waals surface area contributed by atoms with Crippen LogP contribution in [0.1, 0.15) is 15.9 Å². The van der Waals surface area contributed by atoms with E-state index in [1.54, 1.807) is 23.5 Å². The van der Waals surface area contributed by atoms with Crippen LogP contribution in [0, 0.1) is 6.92 Å². The number of ether oxygens (including phenoxy) is 1. The second-order valence-corrected chi connectivity index (χ2v) is 6.53. The van der Waals surface area contributed by atoms with Crippen LogP contribution >= 0.6 is 23.1 Å². The smallest absolute Gasteiger partial charge is 0.339 e. The number of carbonyl (C=O) groups excluding carboxylic acids is 2. The van der Waals surface area contributed by atoms with Crippen molar-refractivity contribution < 1.29 is 14.3 Å². The highest BCUT2D eigenvalue weighted by Crippen LogP contribution is 2.24. The lowest BCUT2D eigenvalue weighted by Gasteiger charge is -2.10. The predicted octanol–water partition coefficient (Wildman–Crippen LogP) is 3.57. The molecule has 1 N–H and O–H groups in total. The Morgan fingerprint density at radius 3 is 2.81 bits per heavy atom. The molecule has 0 aliphatic carbocycles. The van der Waals surface area contributed by atoms with Gasteiger partial charge in [0.15, 0.2) is 0 Å². The number of hydrogen-bond donors (Lipinski definition) is 1. The van der Waals surface area contributed by atoms with Crippen LogP contribution in [0.2, 0.25) is 0 Å². The Balaban J connectivity index is 2.04. The molecule has 0 unspecified atom stereocenters. The summed E-state index contributed by atoms with van der Waals surface area (Å²) in [7, 11) is 1.32. The molecule has 4 nitrogen and oxygen atoms in total. The molecule has 0 bridgehead atoms. The monoisotopic (exact) mass is 321 g/mol. The van der Waals surface area contributed by atoms with E-state index in [1.165, 1.54) is 18.9 Å². The molecule has 0 fully saturated rings. The quantitative estimate of drug-likeness (QED) is 0.675. The number of amides is 1. The normalized spacial score (nSPS) is 10.2. The number of thiophene rings is 1. The van der Waals surface area contributed by atoms with Crippen LogP contribution in [-0.2, 0) is 9.53 Å². The molecule has 21 heavy (non-hydrogen) atoms. The molecular formula is C15H15NO3S2. The minimum absolute atomic E-state index is 0.151. The van der Waals surface area contributed by atoms with Gasteiger partial charge in [0.2, 0.25) is 5.91 Å². The van der Waals surface area contributed by atoms with Crippen LogP contribution < -0.4 is 5.32 Å². The van der Waals surface area contributed by atoms with Crippen molar-refractivity contribution >= 4 is 40.7 Å². The minimum Gasteiger partial charge on any atom is -0.465 e. The number of hydrogen-bond acceptors (Lipinski definition) is 5. The summed E-state index contributed by atoms with van der Waals surface area (Å²) in [6.07, 6.45) is 0. The lowest BCUT2D eigenvalue weighted by molar-refractivity contribution is -0.113. The first-order valence-corrected chi connectivity index (χ1v) is 8.12. The SMILES string of the molecule is COC(=O)c1cc(C)ccc1NC(=O)CSc1cccs1. The standard InChI is InChI=1S/C15H15NO3S2/c1-10-5-6-12(11(8-10)15(18)19-2)16-13(17)9-21-14-4-3-7-20-14/h3-8H,9H2,1-2H3,(H,16,17). The Hall–Kier alpha value is -1.79. The van der Waals surface area contributed by atoms with Crippen molar-refractivity contribution in [2.24, 2.45) is 0 Å². The van der Waals surface area contributed by atoms with Crippen LogP contribution in [0.4, 0.5) is 5.69 Å². The van der Waals surface area contributed by atoms with Crippen molar-refractivity contribution in [3.05, 3.63) is 46.8 Å². The predicted molar refractivity (Wildman–Crippen MR) is 86.2 cm³/mol. The topological polar surface area (TPSA) is 55.4 Å². The third-order valence-corrected chi connectivity index (χ3v) is 4.83. The molecule has 1 heterocycles. The van der Waals surface area contributed by atoms with Crippen molar-refractivity contribution in [2.75, 3.05) is 18.2 Å². The summed E-state index contributed by atoms with van der Waals surface area (Å²) >= 11 is 3.06. The summed E-state index contributed by atoms with van der Waals surface area (Å²) in [5.74, 6) is -0.308. The molecule has 0 aliphatic rings. The summed E-state index contributed by atoms with van der Waals surface area (Å²) in [5.41, 5.74) is 1.78. The fraction of sp³-hybridized carbons (Fsp3) is 0.200. The van der Waals surface area contributed by atoms with Gasteiger partial charge < -0.3 is 10.1 Å². The zero-order valence-corrected chi connectivity index (χ0v) is 13.3. The molecule has 1 amide bonds. The largest absolute Gasteiger partial charge is 0.465 e. The number of benzene rings is 1. The molecule has 0 atom stereocenters. The Bertz CT molecular complexity index is 638. The Labute approximate surface area is 131 Å². The maximum absolute atomic E-state index is 12.0. The van der Waals surface area contributed by atoms with Gasteiger partial charge in [0.25, 0.3) is 0 Å². The van der Waals surface area contributed by atoms with E-state index in [1.807, 2.05) is 30.5 Å². The average Bonchev–Trinajstić information content (AvgIpc) is 2.99. The molecular weight excluding hydrogens is 306 g/mol. The number of carbonyl (C=O) groups is 2. The summed E-state index contributed by atoms with van der Waals surface area (Å²) in [6.45, 7) is 1.88. The van der Waals surface area contributed by atoms with Gasteiger partial charge in [-0.2, -0.15) is 0 Å². The van der Waals surface area contributed by atoms with E-state index in [-0.39, 0.29) is 5.91 Å². The fourth-order valence-corrected chi connectivity index (χ4v) is 3.30. The molecule has 2 rings (SSSR count). The zero-order chi connectivity index (χ0) is 15.2. The van der Waals surface area contributed by atoms with E-state index in [4.69, 9.17) is 4.74 Å². The third kappa shape index (κ3) is 4.34. The molecule has 0 saturated carbocycles. The Morgan fingerprint density at radius 1 is 1.33 bits per heavy atom. The van der Waals surface area contributed by atoms with E-state index >= 15 is 0 Å². The Morgan fingerprint density at radius 2 is 2.14 bits per heavy atom. The van der Waals surface area contributed by atoms with Gasteiger partial charge in [-0.05, 0) is 30.5 Å². The van der Waals surface area contributed by atoms with Crippen LogP contribution in [0.5, 0.6) is 0 Å². The lowest BCUT2D eigenvalue weighted by Crippen LogP contribution is -2.17. The van der Waals surface area contributed by atoms with Gasteiger partial charge in [-0.1, -0.05) is 17.7 Å². The highest BCUT2D eigenvalue weighted by Gasteiger charge is 2.14. The van der Waals surface area contributed by atoms with Crippen molar-refractivity contribution in [2.45, 2.75) is 11.1 Å². The molecule has 110 valence electrons. The van der Waals surface area contributed by atoms with Gasteiger partial charge in [-0.3, -0.25) is 4.79 Å². The van der Waals surface area contributed by atoms with Crippen LogP contribution in [0.3, 0.4) is 0 Å². The van der Waals surface area contributed by atoms with E-state index in [0.29, 0.717) is 17.0 Å². The summed E-state index contributed by atoms with van der Waals surface area (Å²) in [4.78, 5) is 23.7. The number of methoxy groups -OCH3 is 1. The molecule has 1 aromatic carbocycles. The van der Waals surface area contributed by atoms with Gasteiger partial charge in [0.05, 0.1) is 28.3 Å². The maximum Gasteiger partial charge on any atom is 0.339 e. The summed E-state index contributed by atoms with van der Waals surface area (Å²) in [5, 5.41) is 4.73. The van der Waals surface area contributed by atoms with Crippen LogP contribution in [-0.4, -0.2) is 24.7 Å². The first-order valence-electron chi connectivity index (χ1n) is 6.25. The van der Waals surface area contributed by atoms with Crippen molar-refractivity contribution in [3.63, 3.8) is 0 Å². The number of nitrogens with one attached hydrogen (secondary N) is 1. The second-order valence-electron chi connectivity index (χ2n) is 4.31. The third-order valence-electron chi connectivity index (χ3n) is 2.70. The molecule has 0 aliphatic heterocycles. The van der Waals surface area contributed by atoms with E-state index in [2.05, 4.69) is 5.32 Å². The first kappa shape index (κ1) is 15.6. The highest BCUT2D eigenvalue weighted by atomic mass is 32.2. The van der Waals surface area contributed by atoms with Crippen LogP contribution in [0.25, 0.3) is 0 Å². The van der Waals surface area contributed by atoms with E-state index in [9.17, 15) is 9.59 Å². The molecule has 0 spiro atoms. The highest BCUT2D eigenvalue weighted by molar-refractivity contribution is 8.01. The summed E-state index contributed by atoms with van der Waals surface area (Å²) in [6, 6.07) is 9.17. The van der Waals surface area contributed by atoms with Crippen LogP contribution in [0.15, 0.2) is 39.9 Å².